The summed E-state index contributed by atoms with van der Waals surface area (Å²) in [4.78, 5) is 15.8. The van der Waals surface area contributed by atoms with Crippen LogP contribution in [0.1, 0.15) is 18.5 Å². The number of anilines is 1. The Bertz CT molecular complexity index is 1220. The molecule has 0 radical (unpaired) electrons. The first-order valence-corrected chi connectivity index (χ1v) is 8.43. The summed E-state index contributed by atoms with van der Waals surface area (Å²) in [6.45, 7) is 1.71. The number of halogens is 2. The zero-order chi connectivity index (χ0) is 19.8. The summed E-state index contributed by atoms with van der Waals surface area (Å²) in [5, 5.41) is 11.1. The molecule has 28 heavy (non-hydrogen) atoms. The number of benzene rings is 2. The van der Waals surface area contributed by atoms with Crippen LogP contribution in [0, 0.1) is 11.6 Å². The van der Waals surface area contributed by atoms with Crippen molar-refractivity contribution < 1.29 is 13.2 Å². The lowest BCUT2D eigenvalue weighted by Gasteiger charge is -2.14. The zero-order valence-electron chi connectivity index (χ0n) is 15.0. The molecule has 0 saturated carbocycles. The van der Waals surface area contributed by atoms with Crippen LogP contribution in [0.15, 0.2) is 51.8 Å². The van der Waals surface area contributed by atoms with Crippen LogP contribution in [0.3, 0.4) is 0 Å². The highest BCUT2D eigenvalue weighted by Crippen LogP contribution is 2.23. The SMILES string of the molecule is CC(Nc1ncc(-c2ccc3oc(=O)n(C)c3c2)nn1)c1ccc(F)cc1F. The van der Waals surface area contributed by atoms with Crippen molar-refractivity contribution in [3.8, 4) is 11.3 Å². The van der Waals surface area contributed by atoms with E-state index in [0.29, 0.717) is 27.9 Å². The molecule has 4 rings (SSSR count). The van der Waals surface area contributed by atoms with Crippen LogP contribution in [-0.2, 0) is 7.05 Å². The monoisotopic (exact) mass is 383 g/mol. The van der Waals surface area contributed by atoms with Crippen molar-refractivity contribution in [2.45, 2.75) is 13.0 Å². The maximum absolute atomic E-state index is 13.9. The number of fused-ring (bicyclic) bond motifs is 1. The van der Waals surface area contributed by atoms with Gasteiger partial charge in [-0.15, -0.1) is 10.2 Å². The van der Waals surface area contributed by atoms with Crippen LogP contribution in [-0.4, -0.2) is 19.7 Å². The van der Waals surface area contributed by atoms with Crippen LogP contribution >= 0.6 is 0 Å². The predicted molar refractivity (Wildman–Crippen MR) is 98.7 cm³/mol. The number of hydrogen-bond acceptors (Lipinski definition) is 6. The van der Waals surface area contributed by atoms with E-state index in [0.717, 1.165) is 6.07 Å². The Morgan fingerprint density at radius 1 is 1.14 bits per heavy atom. The third-order valence-electron chi connectivity index (χ3n) is 4.42. The molecule has 2 aromatic carbocycles. The minimum Gasteiger partial charge on any atom is -0.408 e. The molecule has 0 spiro atoms. The van der Waals surface area contributed by atoms with E-state index < -0.39 is 23.4 Å². The van der Waals surface area contributed by atoms with Crippen molar-refractivity contribution in [2.75, 3.05) is 5.32 Å². The molecular weight excluding hydrogens is 368 g/mol. The van der Waals surface area contributed by atoms with Gasteiger partial charge in [0.2, 0.25) is 5.95 Å². The lowest BCUT2D eigenvalue weighted by Crippen LogP contribution is -2.12. The van der Waals surface area contributed by atoms with Gasteiger partial charge in [0.1, 0.15) is 17.3 Å². The zero-order valence-corrected chi connectivity index (χ0v) is 15.0. The summed E-state index contributed by atoms with van der Waals surface area (Å²) >= 11 is 0. The molecule has 2 heterocycles. The normalized spacial score (nSPS) is 12.3. The first-order chi connectivity index (χ1) is 13.4. The Hall–Kier alpha value is -3.62. The minimum absolute atomic E-state index is 0.205. The van der Waals surface area contributed by atoms with Crippen molar-refractivity contribution in [3.05, 3.63) is 70.3 Å². The van der Waals surface area contributed by atoms with E-state index in [-0.39, 0.29) is 5.95 Å². The average molecular weight is 383 g/mol. The number of nitrogens with zero attached hydrogens (tertiary/aromatic N) is 4. The van der Waals surface area contributed by atoms with Crippen molar-refractivity contribution in [1.29, 1.82) is 0 Å². The molecule has 0 aliphatic carbocycles. The van der Waals surface area contributed by atoms with Gasteiger partial charge in [-0.25, -0.2) is 18.6 Å². The second-order valence-electron chi connectivity index (χ2n) is 6.31. The molecule has 0 aliphatic heterocycles. The fourth-order valence-electron chi connectivity index (χ4n) is 2.88. The van der Waals surface area contributed by atoms with Crippen molar-refractivity contribution in [2.24, 2.45) is 7.05 Å². The van der Waals surface area contributed by atoms with Crippen LogP contribution in [0.4, 0.5) is 14.7 Å². The molecule has 0 bridgehead atoms. The van der Waals surface area contributed by atoms with Gasteiger partial charge < -0.3 is 9.73 Å². The highest BCUT2D eigenvalue weighted by Gasteiger charge is 2.14. The molecular formula is C19H15F2N5O2. The van der Waals surface area contributed by atoms with E-state index in [9.17, 15) is 13.6 Å². The molecule has 1 N–H and O–H groups in total. The van der Waals surface area contributed by atoms with Gasteiger partial charge in [-0.3, -0.25) is 4.57 Å². The quantitative estimate of drug-likeness (QED) is 0.581. The van der Waals surface area contributed by atoms with E-state index in [1.165, 1.54) is 22.9 Å². The van der Waals surface area contributed by atoms with Crippen molar-refractivity contribution in [3.63, 3.8) is 0 Å². The molecule has 142 valence electrons. The molecule has 2 aromatic heterocycles. The van der Waals surface area contributed by atoms with Gasteiger partial charge >= 0.3 is 5.76 Å². The van der Waals surface area contributed by atoms with E-state index in [2.05, 4.69) is 20.5 Å². The summed E-state index contributed by atoms with van der Waals surface area (Å²) in [5.41, 5.74) is 2.62. The van der Waals surface area contributed by atoms with Gasteiger partial charge in [0.05, 0.1) is 17.8 Å². The Morgan fingerprint density at radius 2 is 1.96 bits per heavy atom. The minimum atomic E-state index is -0.649. The smallest absolute Gasteiger partial charge is 0.408 e. The second-order valence-corrected chi connectivity index (χ2v) is 6.31. The highest BCUT2D eigenvalue weighted by molar-refractivity contribution is 5.79. The van der Waals surface area contributed by atoms with Gasteiger partial charge in [0.25, 0.3) is 0 Å². The van der Waals surface area contributed by atoms with Gasteiger partial charge in [-0.2, -0.15) is 0 Å². The van der Waals surface area contributed by atoms with Crippen LogP contribution in [0.5, 0.6) is 0 Å². The van der Waals surface area contributed by atoms with Gasteiger partial charge in [0.15, 0.2) is 5.58 Å². The van der Waals surface area contributed by atoms with Gasteiger partial charge in [0, 0.05) is 24.2 Å². The highest BCUT2D eigenvalue weighted by atomic mass is 19.1. The maximum atomic E-state index is 13.9. The first-order valence-electron chi connectivity index (χ1n) is 8.43. The standard InChI is InChI=1S/C19H15F2N5O2/c1-10(13-5-4-12(20)8-14(13)21)23-18-22-9-15(24-25-18)11-3-6-17-16(7-11)26(2)19(27)28-17/h3-10H,1-2H3,(H,22,23,25). The molecule has 0 fully saturated rings. The molecule has 1 atom stereocenters. The largest absolute Gasteiger partial charge is 0.419 e. The molecule has 9 heteroatoms. The second kappa shape index (κ2) is 6.84. The number of aryl methyl sites for hydroxylation is 1. The molecule has 4 aromatic rings. The summed E-state index contributed by atoms with van der Waals surface area (Å²) < 4.78 is 33.4. The Labute approximate surface area is 157 Å². The lowest BCUT2D eigenvalue weighted by atomic mass is 10.1. The number of nitrogens with one attached hydrogen (secondary N) is 1. The fraction of sp³-hybridized carbons (Fsp3) is 0.158. The Morgan fingerprint density at radius 3 is 2.68 bits per heavy atom. The van der Waals surface area contributed by atoms with Crippen molar-refractivity contribution >= 4 is 17.0 Å². The van der Waals surface area contributed by atoms with Crippen molar-refractivity contribution in [1.82, 2.24) is 19.7 Å². The number of rotatable bonds is 4. The predicted octanol–water partition coefficient (Wildman–Crippen LogP) is 3.43. The molecule has 0 aliphatic rings. The van der Waals surface area contributed by atoms with Crippen LogP contribution in [0.2, 0.25) is 0 Å². The molecule has 0 saturated heterocycles. The molecule has 0 amide bonds. The average Bonchev–Trinajstić information content (AvgIpc) is 2.96. The fourth-order valence-corrected chi connectivity index (χ4v) is 2.88. The molecule has 7 nitrogen and oxygen atoms in total. The third kappa shape index (κ3) is 3.22. The number of aromatic nitrogens is 4. The summed E-state index contributed by atoms with van der Waals surface area (Å²) in [7, 11) is 1.62. The summed E-state index contributed by atoms with van der Waals surface area (Å²) in [5.74, 6) is -1.53. The third-order valence-corrected chi connectivity index (χ3v) is 4.42. The number of oxazole rings is 1. The van der Waals surface area contributed by atoms with Crippen LogP contribution in [0.25, 0.3) is 22.4 Å². The van der Waals surface area contributed by atoms with E-state index in [4.69, 9.17) is 4.42 Å². The lowest BCUT2D eigenvalue weighted by molar-refractivity contribution is 0.528. The van der Waals surface area contributed by atoms with Gasteiger partial charge in [-0.1, -0.05) is 6.07 Å². The van der Waals surface area contributed by atoms with E-state index in [1.807, 2.05) is 0 Å². The Kier molecular flexibility index (Phi) is 4.34. The summed E-state index contributed by atoms with van der Waals surface area (Å²) in [6.07, 6.45) is 1.52. The maximum Gasteiger partial charge on any atom is 0.419 e. The van der Waals surface area contributed by atoms with E-state index in [1.54, 1.807) is 32.2 Å². The molecule has 1 unspecified atom stereocenters. The van der Waals surface area contributed by atoms with Crippen LogP contribution < -0.4 is 11.1 Å². The Balaban J connectivity index is 1.57. The van der Waals surface area contributed by atoms with E-state index >= 15 is 0 Å². The van der Waals surface area contributed by atoms with Gasteiger partial charge in [-0.05, 0) is 31.2 Å². The summed E-state index contributed by atoms with van der Waals surface area (Å²) in [6, 6.07) is 8.10. The first kappa shape index (κ1) is 17.8. The number of hydrogen-bond donors (Lipinski definition) is 1. The topological polar surface area (TPSA) is 85.8 Å².